The Hall–Kier alpha value is -1.96. The Bertz CT molecular complexity index is 569. The fourth-order valence-electron chi connectivity index (χ4n) is 2.89. The lowest BCUT2D eigenvalue weighted by molar-refractivity contribution is 0.443. The summed E-state index contributed by atoms with van der Waals surface area (Å²) in [6, 6.07) is 18.4. The minimum atomic E-state index is 0.718. The quantitative estimate of drug-likeness (QED) is 0.594. The number of rotatable bonds is 3. The van der Waals surface area contributed by atoms with Crippen LogP contribution in [0.3, 0.4) is 0 Å². The van der Waals surface area contributed by atoms with Crippen molar-refractivity contribution in [1.29, 1.82) is 0 Å². The molecule has 0 saturated heterocycles. The molecule has 1 saturated carbocycles. The standard InChI is InChI=1S/C18H20N2/c1-3-8-15(9-4-1)16-10-7-13-18(14-16)20-19-17-11-5-2-6-12-17/h2,5-7,10-15H,1,3-4,8-9H2. The zero-order valence-corrected chi connectivity index (χ0v) is 11.7. The molecular weight excluding hydrogens is 244 g/mol. The van der Waals surface area contributed by atoms with Crippen molar-refractivity contribution in [2.24, 2.45) is 10.2 Å². The zero-order valence-electron chi connectivity index (χ0n) is 11.7. The summed E-state index contributed by atoms with van der Waals surface area (Å²) >= 11 is 0. The fraction of sp³-hybridized carbons (Fsp3) is 0.333. The summed E-state index contributed by atoms with van der Waals surface area (Å²) in [5.41, 5.74) is 3.28. The molecule has 0 atom stereocenters. The normalized spacial score (nSPS) is 16.6. The van der Waals surface area contributed by atoms with Gasteiger partial charge in [-0.3, -0.25) is 0 Å². The van der Waals surface area contributed by atoms with E-state index in [0.717, 1.165) is 17.3 Å². The van der Waals surface area contributed by atoms with Gasteiger partial charge in [0, 0.05) is 0 Å². The Morgan fingerprint density at radius 2 is 1.40 bits per heavy atom. The van der Waals surface area contributed by atoms with Crippen molar-refractivity contribution in [3.63, 3.8) is 0 Å². The Labute approximate surface area is 120 Å². The van der Waals surface area contributed by atoms with E-state index in [0.29, 0.717) is 0 Å². The lowest BCUT2D eigenvalue weighted by Crippen LogP contribution is -2.03. The highest BCUT2D eigenvalue weighted by Crippen LogP contribution is 2.34. The first-order valence-corrected chi connectivity index (χ1v) is 7.48. The van der Waals surface area contributed by atoms with Gasteiger partial charge in [0.25, 0.3) is 0 Å². The minimum absolute atomic E-state index is 0.718. The van der Waals surface area contributed by atoms with Crippen LogP contribution < -0.4 is 0 Å². The van der Waals surface area contributed by atoms with Gasteiger partial charge >= 0.3 is 0 Å². The molecule has 3 rings (SSSR count). The maximum Gasteiger partial charge on any atom is 0.0859 e. The lowest BCUT2D eigenvalue weighted by Gasteiger charge is -2.21. The van der Waals surface area contributed by atoms with Gasteiger partial charge in [-0.1, -0.05) is 49.6 Å². The molecule has 2 aromatic rings. The van der Waals surface area contributed by atoms with Crippen LogP contribution in [0.5, 0.6) is 0 Å². The van der Waals surface area contributed by atoms with E-state index >= 15 is 0 Å². The summed E-state index contributed by atoms with van der Waals surface area (Å²) in [5, 5.41) is 8.64. The first-order chi connectivity index (χ1) is 9.92. The predicted octanol–water partition coefficient (Wildman–Crippen LogP) is 6.15. The summed E-state index contributed by atoms with van der Waals surface area (Å²) in [6.07, 6.45) is 6.75. The van der Waals surface area contributed by atoms with Crippen LogP contribution in [0, 0.1) is 0 Å². The monoisotopic (exact) mass is 264 g/mol. The van der Waals surface area contributed by atoms with E-state index < -0.39 is 0 Å². The molecule has 0 bridgehead atoms. The molecule has 2 nitrogen and oxygen atoms in total. The van der Waals surface area contributed by atoms with E-state index in [2.05, 4.69) is 28.4 Å². The zero-order chi connectivity index (χ0) is 13.6. The third-order valence-corrected chi connectivity index (χ3v) is 3.98. The predicted molar refractivity (Wildman–Crippen MR) is 82.9 cm³/mol. The molecular formula is C18H20N2. The van der Waals surface area contributed by atoms with E-state index in [4.69, 9.17) is 0 Å². The Morgan fingerprint density at radius 3 is 2.20 bits per heavy atom. The summed E-state index contributed by atoms with van der Waals surface area (Å²) in [5.74, 6) is 0.718. The average Bonchev–Trinajstić information content (AvgIpc) is 2.55. The Morgan fingerprint density at radius 1 is 0.700 bits per heavy atom. The second kappa shape index (κ2) is 6.47. The van der Waals surface area contributed by atoms with Crippen LogP contribution in [-0.2, 0) is 0 Å². The van der Waals surface area contributed by atoms with Gasteiger partial charge in [0.2, 0.25) is 0 Å². The van der Waals surface area contributed by atoms with Gasteiger partial charge in [-0.15, -0.1) is 0 Å². The van der Waals surface area contributed by atoms with Crippen molar-refractivity contribution < 1.29 is 0 Å². The summed E-state index contributed by atoms with van der Waals surface area (Å²) < 4.78 is 0. The molecule has 102 valence electrons. The van der Waals surface area contributed by atoms with Crippen LogP contribution in [0.2, 0.25) is 0 Å². The molecule has 1 fully saturated rings. The second-order valence-corrected chi connectivity index (χ2v) is 5.47. The van der Waals surface area contributed by atoms with Crippen molar-refractivity contribution in [3.05, 3.63) is 60.2 Å². The summed E-state index contributed by atoms with van der Waals surface area (Å²) in [4.78, 5) is 0. The number of hydrogen-bond acceptors (Lipinski definition) is 2. The molecule has 0 unspecified atom stereocenters. The largest absolute Gasteiger partial charge is 0.151 e. The SMILES string of the molecule is c1ccc(N=Nc2cccc(C3CCCCC3)c2)cc1. The molecule has 1 aliphatic carbocycles. The minimum Gasteiger partial charge on any atom is -0.151 e. The van der Waals surface area contributed by atoms with Crippen LogP contribution in [0.15, 0.2) is 64.8 Å². The number of benzene rings is 2. The Balaban J connectivity index is 1.75. The topological polar surface area (TPSA) is 24.7 Å². The first kappa shape index (κ1) is 13.0. The van der Waals surface area contributed by atoms with E-state index in [-0.39, 0.29) is 0 Å². The van der Waals surface area contributed by atoms with Crippen LogP contribution in [0.25, 0.3) is 0 Å². The highest BCUT2D eigenvalue weighted by atomic mass is 15.1. The molecule has 0 radical (unpaired) electrons. The van der Waals surface area contributed by atoms with Crippen molar-refractivity contribution in [2.45, 2.75) is 38.0 Å². The van der Waals surface area contributed by atoms with Gasteiger partial charge < -0.3 is 0 Å². The molecule has 0 amide bonds. The van der Waals surface area contributed by atoms with Crippen LogP contribution in [0.4, 0.5) is 11.4 Å². The number of nitrogens with zero attached hydrogens (tertiary/aromatic N) is 2. The lowest BCUT2D eigenvalue weighted by atomic mass is 9.84. The van der Waals surface area contributed by atoms with Gasteiger partial charge in [-0.25, -0.2) is 0 Å². The van der Waals surface area contributed by atoms with E-state index in [9.17, 15) is 0 Å². The third-order valence-electron chi connectivity index (χ3n) is 3.98. The van der Waals surface area contributed by atoms with Crippen LogP contribution in [-0.4, -0.2) is 0 Å². The Kier molecular flexibility index (Phi) is 4.22. The highest BCUT2D eigenvalue weighted by molar-refractivity contribution is 5.42. The van der Waals surface area contributed by atoms with Gasteiger partial charge in [-0.05, 0) is 48.6 Å². The molecule has 0 N–H and O–H groups in total. The second-order valence-electron chi connectivity index (χ2n) is 5.47. The molecule has 1 aliphatic rings. The maximum absolute atomic E-state index is 4.36. The fourth-order valence-corrected chi connectivity index (χ4v) is 2.89. The van der Waals surface area contributed by atoms with Crippen molar-refractivity contribution in [3.8, 4) is 0 Å². The highest BCUT2D eigenvalue weighted by Gasteiger charge is 2.15. The molecule has 0 heterocycles. The van der Waals surface area contributed by atoms with E-state index in [1.165, 1.54) is 37.7 Å². The summed E-state index contributed by atoms with van der Waals surface area (Å²) in [6.45, 7) is 0. The van der Waals surface area contributed by atoms with Gasteiger partial charge in [0.15, 0.2) is 0 Å². The van der Waals surface area contributed by atoms with E-state index in [1.807, 2.05) is 36.4 Å². The number of hydrogen-bond donors (Lipinski definition) is 0. The van der Waals surface area contributed by atoms with E-state index in [1.54, 1.807) is 0 Å². The number of azo groups is 1. The van der Waals surface area contributed by atoms with Gasteiger partial charge in [0.1, 0.15) is 0 Å². The third kappa shape index (κ3) is 3.32. The average molecular weight is 264 g/mol. The van der Waals surface area contributed by atoms with Crippen molar-refractivity contribution in [1.82, 2.24) is 0 Å². The van der Waals surface area contributed by atoms with Crippen LogP contribution >= 0.6 is 0 Å². The van der Waals surface area contributed by atoms with Gasteiger partial charge in [-0.2, -0.15) is 10.2 Å². The molecule has 0 aromatic heterocycles. The van der Waals surface area contributed by atoms with Crippen molar-refractivity contribution in [2.75, 3.05) is 0 Å². The molecule has 2 aromatic carbocycles. The molecule has 20 heavy (non-hydrogen) atoms. The molecule has 2 heteroatoms. The van der Waals surface area contributed by atoms with Crippen LogP contribution in [0.1, 0.15) is 43.6 Å². The molecule has 0 spiro atoms. The summed E-state index contributed by atoms with van der Waals surface area (Å²) in [7, 11) is 0. The maximum atomic E-state index is 4.36. The van der Waals surface area contributed by atoms with Gasteiger partial charge in [0.05, 0.1) is 11.4 Å². The van der Waals surface area contributed by atoms with Crippen molar-refractivity contribution >= 4 is 11.4 Å². The first-order valence-electron chi connectivity index (χ1n) is 7.48. The molecule has 0 aliphatic heterocycles. The smallest absolute Gasteiger partial charge is 0.0859 e.